The Bertz CT molecular complexity index is 831. The number of H-pyrrole nitrogens is 1. The van der Waals surface area contributed by atoms with E-state index in [1.165, 1.54) is 0 Å². The number of aromatic amines is 1. The molecule has 0 atom stereocenters. The van der Waals surface area contributed by atoms with Gasteiger partial charge in [0.05, 0.1) is 19.8 Å². The first-order valence-electron chi connectivity index (χ1n) is 8.85. The lowest BCUT2D eigenvalue weighted by molar-refractivity contribution is 0.0358. The Morgan fingerprint density at radius 2 is 2.00 bits per heavy atom. The number of aromatic nitrogens is 1. The second-order valence-electron chi connectivity index (χ2n) is 6.36. The molecule has 0 amide bonds. The Kier molecular flexibility index (Phi) is 6.05. The van der Waals surface area contributed by atoms with Crippen LogP contribution in [-0.2, 0) is 4.74 Å². The van der Waals surface area contributed by atoms with Gasteiger partial charge in [0.15, 0.2) is 0 Å². The number of rotatable bonds is 6. The predicted molar refractivity (Wildman–Crippen MR) is 99.3 cm³/mol. The molecular formula is C20H23N3O3. The Morgan fingerprint density at radius 1 is 1.27 bits per heavy atom. The van der Waals surface area contributed by atoms with Gasteiger partial charge in [-0.2, -0.15) is 5.26 Å². The number of benzene rings is 1. The van der Waals surface area contributed by atoms with Gasteiger partial charge in [-0.3, -0.25) is 9.69 Å². The summed E-state index contributed by atoms with van der Waals surface area (Å²) in [4.78, 5) is 17.0. The third kappa shape index (κ3) is 4.51. The molecule has 6 heteroatoms. The van der Waals surface area contributed by atoms with E-state index >= 15 is 0 Å². The normalized spacial score (nSPS) is 14.8. The number of morpholine rings is 1. The quantitative estimate of drug-likeness (QED) is 0.807. The Morgan fingerprint density at radius 3 is 2.69 bits per heavy atom. The van der Waals surface area contributed by atoms with E-state index in [-0.39, 0.29) is 11.1 Å². The number of pyridine rings is 1. The van der Waals surface area contributed by atoms with Crippen LogP contribution >= 0.6 is 0 Å². The minimum atomic E-state index is -0.356. The molecule has 1 aliphatic heterocycles. The molecule has 1 aromatic heterocycles. The van der Waals surface area contributed by atoms with Gasteiger partial charge in [0.25, 0.3) is 5.56 Å². The van der Waals surface area contributed by atoms with Crippen LogP contribution in [0.2, 0.25) is 0 Å². The van der Waals surface area contributed by atoms with Crippen LogP contribution in [0.15, 0.2) is 35.1 Å². The maximum atomic E-state index is 11.9. The average Bonchev–Trinajstić information content (AvgIpc) is 2.66. The molecule has 2 aromatic rings. The fourth-order valence-electron chi connectivity index (χ4n) is 3.06. The summed E-state index contributed by atoms with van der Waals surface area (Å²) in [5.41, 5.74) is 1.98. The topological polar surface area (TPSA) is 78.3 Å². The van der Waals surface area contributed by atoms with Crippen molar-refractivity contribution in [2.24, 2.45) is 0 Å². The maximum Gasteiger partial charge on any atom is 0.266 e. The van der Waals surface area contributed by atoms with E-state index in [1.54, 1.807) is 6.92 Å². The van der Waals surface area contributed by atoms with E-state index < -0.39 is 0 Å². The summed E-state index contributed by atoms with van der Waals surface area (Å²) in [5.74, 6) is 0.788. The smallest absolute Gasteiger partial charge is 0.266 e. The van der Waals surface area contributed by atoms with E-state index in [9.17, 15) is 10.1 Å². The van der Waals surface area contributed by atoms with Gasteiger partial charge in [-0.15, -0.1) is 0 Å². The zero-order valence-electron chi connectivity index (χ0n) is 15.0. The molecule has 0 bridgehead atoms. The van der Waals surface area contributed by atoms with Gasteiger partial charge in [-0.05, 0) is 37.1 Å². The van der Waals surface area contributed by atoms with Crippen LogP contribution in [0.1, 0.15) is 17.7 Å². The molecule has 1 aliphatic rings. The van der Waals surface area contributed by atoms with Crippen molar-refractivity contribution in [2.75, 3.05) is 39.5 Å². The lowest BCUT2D eigenvalue weighted by Gasteiger charge is -2.26. The van der Waals surface area contributed by atoms with Crippen LogP contribution in [0, 0.1) is 18.3 Å². The van der Waals surface area contributed by atoms with Crippen molar-refractivity contribution in [3.63, 3.8) is 0 Å². The van der Waals surface area contributed by atoms with Gasteiger partial charge in [-0.1, -0.05) is 12.1 Å². The first-order chi connectivity index (χ1) is 12.7. The zero-order chi connectivity index (χ0) is 18.4. The molecule has 26 heavy (non-hydrogen) atoms. The van der Waals surface area contributed by atoms with Crippen LogP contribution in [-0.4, -0.2) is 49.3 Å². The van der Waals surface area contributed by atoms with Gasteiger partial charge < -0.3 is 14.5 Å². The highest BCUT2D eigenvalue weighted by molar-refractivity contribution is 5.70. The third-order valence-electron chi connectivity index (χ3n) is 4.44. The number of nitrogens with one attached hydrogen (secondary N) is 1. The maximum absolute atomic E-state index is 11.9. The Labute approximate surface area is 153 Å². The van der Waals surface area contributed by atoms with Crippen molar-refractivity contribution in [1.82, 2.24) is 9.88 Å². The molecule has 0 unspecified atom stereocenters. The highest BCUT2D eigenvalue weighted by Gasteiger charge is 2.11. The highest BCUT2D eigenvalue weighted by Crippen LogP contribution is 2.24. The van der Waals surface area contributed by atoms with Crippen LogP contribution in [0.3, 0.4) is 0 Å². The molecule has 0 aliphatic carbocycles. The van der Waals surface area contributed by atoms with Crippen LogP contribution in [0.25, 0.3) is 11.1 Å². The van der Waals surface area contributed by atoms with Crippen molar-refractivity contribution >= 4 is 0 Å². The SMILES string of the molecule is Cc1cc(-c2ccc(OCCCN3CCOCC3)cc2)c(C#N)c(=O)[nH]1. The summed E-state index contributed by atoms with van der Waals surface area (Å²) in [6.45, 7) is 7.09. The largest absolute Gasteiger partial charge is 0.494 e. The number of hydrogen-bond acceptors (Lipinski definition) is 5. The summed E-state index contributed by atoms with van der Waals surface area (Å²) in [7, 11) is 0. The first kappa shape index (κ1) is 18.2. The van der Waals surface area contributed by atoms with Gasteiger partial charge >= 0.3 is 0 Å². The first-order valence-corrected chi connectivity index (χ1v) is 8.85. The summed E-state index contributed by atoms with van der Waals surface area (Å²) in [6, 6.07) is 11.3. The molecule has 1 aromatic carbocycles. The fourth-order valence-corrected chi connectivity index (χ4v) is 3.06. The van der Waals surface area contributed by atoms with Gasteiger partial charge in [0.1, 0.15) is 17.4 Å². The zero-order valence-corrected chi connectivity index (χ0v) is 15.0. The van der Waals surface area contributed by atoms with Gasteiger partial charge in [-0.25, -0.2) is 0 Å². The summed E-state index contributed by atoms with van der Waals surface area (Å²) in [5, 5.41) is 9.25. The van der Waals surface area contributed by atoms with Crippen LogP contribution in [0.4, 0.5) is 0 Å². The van der Waals surface area contributed by atoms with Crippen molar-refractivity contribution in [1.29, 1.82) is 5.26 Å². The van der Waals surface area contributed by atoms with E-state index in [0.717, 1.165) is 56.3 Å². The molecule has 136 valence electrons. The number of aryl methyl sites for hydroxylation is 1. The Balaban J connectivity index is 1.59. The molecule has 1 N–H and O–H groups in total. The molecule has 2 heterocycles. The van der Waals surface area contributed by atoms with E-state index in [2.05, 4.69) is 9.88 Å². The minimum absolute atomic E-state index is 0.134. The van der Waals surface area contributed by atoms with Crippen molar-refractivity contribution < 1.29 is 9.47 Å². The lowest BCUT2D eigenvalue weighted by Crippen LogP contribution is -2.37. The highest BCUT2D eigenvalue weighted by atomic mass is 16.5. The van der Waals surface area contributed by atoms with Crippen LogP contribution < -0.4 is 10.3 Å². The van der Waals surface area contributed by atoms with Crippen molar-refractivity contribution in [3.8, 4) is 22.9 Å². The number of nitriles is 1. The second kappa shape index (κ2) is 8.65. The van der Waals surface area contributed by atoms with Crippen molar-refractivity contribution in [2.45, 2.75) is 13.3 Å². The lowest BCUT2D eigenvalue weighted by atomic mass is 10.0. The summed E-state index contributed by atoms with van der Waals surface area (Å²) < 4.78 is 11.1. The number of ether oxygens (including phenoxy) is 2. The Hall–Kier alpha value is -2.62. The van der Waals surface area contributed by atoms with E-state index in [1.807, 2.05) is 36.4 Å². The molecular weight excluding hydrogens is 330 g/mol. The van der Waals surface area contributed by atoms with Crippen LogP contribution in [0.5, 0.6) is 5.75 Å². The van der Waals surface area contributed by atoms with Crippen molar-refractivity contribution in [3.05, 3.63) is 51.9 Å². The second-order valence-corrected chi connectivity index (χ2v) is 6.36. The number of hydrogen-bond donors (Lipinski definition) is 1. The monoisotopic (exact) mass is 353 g/mol. The minimum Gasteiger partial charge on any atom is -0.494 e. The molecule has 0 spiro atoms. The third-order valence-corrected chi connectivity index (χ3v) is 4.44. The molecule has 3 rings (SSSR count). The molecule has 0 radical (unpaired) electrons. The summed E-state index contributed by atoms with van der Waals surface area (Å²) >= 11 is 0. The standard InChI is InChI=1S/C20H23N3O3/c1-15-13-18(19(14-21)20(24)22-15)16-3-5-17(6-4-16)26-10-2-7-23-8-11-25-12-9-23/h3-6,13H,2,7-12H2,1H3,(H,22,24). The van der Waals surface area contributed by atoms with E-state index in [0.29, 0.717) is 12.2 Å². The predicted octanol–water partition coefficient (Wildman–Crippen LogP) is 2.32. The van der Waals surface area contributed by atoms with Gasteiger partial charge in [0, 0.05) is 30.9 Å². The molecule has 6 nitrogen and oxygen atoms in total. The average molecular weight is 353 g/mol. The number of nitrogens with zero attached hydrogens (tertiary/aromatic N) is 2. The van der Waals surface area contributed by atoms with E-state index in [4.69, 9.17) is 9.47 Å². The van der Waals surface area contributed by atoms with Gasteiger partial charge in [0.2, 0.25) is 0 Å². The fraction of sp³-hybridized carbons (Fsp3) is 0.400. The molecule has 0 saturated carbocycles. The molecule has 1 saturated heterocycles. The molecule has 1 fully saturated rings. The summed E-state index contributed by atoms with van der Waals surface area (Å²) in [6.07, 6.45) is 0.966.